The molecule has 0 aromatic carbocycles. The Balaban J connectivity index is 2.86. The summed E-state index contributed by atoms with van der Waals surface area (Å²) in [4.78, 5) is 6.50. The van der Waals surface area contributed by atoms with E-state index in [4.69, 9.17) is 10.8 Å². The zero-order chi connectivity index (χ0) is 12.0. The minimum atomic E-state index is 0.0772. The highest BCUT2D eigenvalue weighted by atomic mass is 16.3. The summed E-state index contributed by atoms with van der Waals surface area (Å²) in [5, 5.41) is 9.07. The van der Waals surface area contributed by atoms with Crippen LogP contribution in [0.5, 0.6) is 0 Å². The van der Waals surface area contributed by atoms with Gasteiger partial charge in [-0.25, -0.2) is 0 Å². The summed E-state index contributed by atoms with van der Waals surface area (Å²) >= 11 is 0. The predicted molar refractivity (Wildman–Crippen MR) is 65.0 cm³/mol. The molecule has 3 N–H and O–H groups in total. The van der Waals surface area contributed by atoms with E-state index >= 15 is 0 Å². The summed E-state index contributed by atoms with van der Waals surface area (Å²) < 4.78 is 0. The Morgan fingerprint density at radius 3 is 2.62 bits per heavy atom. The van der Waals surface area contributed by atoms with Crippen LogP contribution in [0, 0.1) is 0 Å². The fraction of sp³-hybridized carbons (Fsp3) is 0.583. The van der Waals surface area contributed by atoms with Crippen molar-refractivity contribution in [1.29, 1.82) is 0 Å². The van der Waals surface area contributed by atoms with Crippen molar-refractivity contribution in [2.75, 3.05) is 19.7 Å². The van der Waals surface area contributed by atoms with Crippen molar-refractivity contribution >= 4 is 0 Å². The third kappa shape index (κ3) is 3.27. The average molecular weight is 223 g/mol. The van der Waals surface area contributed by atoms with Gasteiger partial charge in [0.2, 0.25) is 0 Å². The molecule has 1 unspecified atom stereocenters. The Labute approximate surface area is 97.1 Å². The second-order valence-corrected chi connectivity index (χ2v) is 4.06. The van der Waals surface area contributed by atoms with Gasteiger partial charge in [0.25, 0.3) is 0 Å². The smallest absolute Gasteiger partial charge is 0.0647 e. The van der Waals surface area contributed by atoms with E-state index in [0.29, 0.717) is 19.1 Å². The quantitative estimate of drug-likeness (QED) is 0.748. The molecule has 0 radical (unpaired) electrons. The summed E-state index contributed by atoms with van der Waals surface area (Å²) in [6.45, 7) is 5.47. The van der Waals surface area contributed by atoms with Crippen molar-refractivity contribution in [1.82, 2.24) is 9.88 Å². The zero-order valence-electron chi connectivity index (χ0n) is 10.0. The summed E-state index contributed by atoms with van der Waals surface area (Å²) in [5.41, 5.74) is 6.78. The lowest BCUT2D eigenvalue weighted by atomic mass is 10.1. The van der Waals surface area contributed by atoms with E-state index in [1.165, 1.54) is 0 Å². The lowest BCUT2D eigenvalue weighted by molar-refractivity contribution is 0.119. The highest BCUT2D eigenvalue weighted by molar-refractivity contribution is 5.09. The van der Waals surface area contributed by atoms with E-state index in [-0.39, 0.29) is 12.6 Å². The van der Waals surface area contributed by atoms with Gasteiger partial charge in [-0.3, -0.25) is 9.88 Å². The van der Waals surface area contributed by atoms with Crippen molar-refractivity contribution in [2.45, 2.75) is 25.9 Å². The molecule has 0 saturated carbocycles. The first-order valence-corrected chi connectivity index (χ1v) is 5.68. The van der Waals surface area contributed by atoms with Crippen LogP contribution in [0.4, 0.5) is 0 Å². The maximum absolute atomic E-state index is 9.07. The molecule has 4 heteroatoms. The molecule has 90 valence electrons. The lowest BCUT2D eigenvalue weighted by Gasteiger charge is -2.33. The van der Waals surface area contributed by atoms with E-state index < -0.39 is 0 Å². The number of hydrogen-bond acceptors (Lipinski definition) is 4. The molecule has 0 aliphatic heterocycles. The third-order valence-electron chi connectivity index (χ3n) is 2.67. The van der Waals surface area contributed by atoms with Crippen LogP contribution in [-0.2, 0) is 0 Å². The van der Waals surface area contributed by atoms with Gasteiger partial charge in [-0.15, -0.1) is 0 Å². The maximum Gasteiger partial charge on any atom is 0.0647 e. The van der Waals surface area contributed by atoms with E-state index in [1.54, 1.807) is 6.20 Å². The van der Waals surface area contributed by atoms with Crippen molar-refractivity contribution in [3.8, 4) is 0 Å². The molecule has 0 aliphatic carbocycles. The Morgan fingerprint density at radius 1 is 1.44 bits per heavy atom. The number of rotatable bonds is 6. The highest BCUT2D eigenvalue weighted by Gasteiger charge is 2.21. The molecule has 4 nitrogen and oxygen atoms in total. The Kier molecular flexibility index (Phi) is 5.38. The zero-order valence-corrected chi connectivity index (χ0v) is 10.0. The number of aliphatic hydroxyl groups is 1. The molecule has 0 fully saturated rings. The number of nitrogens with two attached hydrogens (primary N) is 1. The minimum absolute atomic E-state index is 0.0772. The average Bonchev–Trinajstić information content (AvgIpc) is 2.30. The molecule has 1 aromatic rings. The molecule has 0 bridgehead atoms. The van der Waals surface area contributed by atoms with Gasteiger partial charge in [0.15, 0.2) is 0 Å². The fourth-order valence-electron chi connectivity index (χ4n) is 1.89. The molecular formula is C12H21N3O. The van der Waals surface area contributed by atoms with Crippen LogP contribution in [0.15, 0.2) is 24.4 Å². The molecule has 0 amide bonds. The number of nitrogens with zero attached hydrogens (tertiary/aromatic N) is 2. The molecule has 16 heavy (non-hydrogen) atoms. The van der Waals surface area contributed by atoms with Gasteiger partial charge >= 0.3 is 0 Å². The van der Waals surface area contributed by atoms with E-state index in [0.717, 1.165) is 5.69 Å². The van der Waals surface area contributed by atoms with Crippen molar-refractivity contribution in [3.63, 3.8) is 0 Å². The topological polar surface area (TPSA) is 62.4 Å². The van der Waals surface area contributed by atoms with Gasteiger partial charge in [0, 0.05) is 25.3 Å². The summed E-state index contributed by atoms with van der Waals surface area (Å²) in [7, 11) is 0. The molecule has 1 atom stereocenters. The first-order chi connectivity index (χ1) is 7.70. The van der Waals surface area contributed by atoms with Crippen LogP contribution in [0.3, 0.4) is 0 Å². The first-order valence-electron chi connectivity index (χ1n) is 5.68. The molecule has 1 rings (SSSR count). The Hall–Kier alpha value is -0.970. The molecule has 1 heterocycles. The molecule has 0 saturated heterocycles. The normalized spacial score (nSPS) is 13.4. The van der Waals surface area contributed by atoms with Gasteiger partial charge in [0.05, 0.1) is 18.3 Å². The number of hydrogen-bond donors (Lipinski definition) is 2. The molecule has 0 aliphatic rings. The summed E-state index contributed by atoms with van der Waals surface area (Å²) in [6.07, 6.45) is 1.77. The maximum atomic E-state index is 9.07. The van der Waals surface area contributed by atoms with Crippen LogP contribution >= 0.6 is 0 Å². The second-order valence-electron chi connectivity index (χ2n) is 4.06. The minimum Gasteiger partial charge on any atom is -0.395 e. The number of aromatic nitrogens is 1. The van der Waals surface area contributed by atoms with Crippen LogP contribution in [0.1, 0.15) is 25.6 Å². The lowest BCUT2D eigenvalue weighted by Crippen LogP contribution is -2.40. The van der Waals surface area contributed by atoms with Gasteiger partial charge in [-0.1, -0.05) is 6.07 Å². The first kappa shape index (κ1) is 13.1. The van der Waals surface area contributed by atoms with Gasteiger partial charge < -0.3 is 10.8 Å². The largest absolute Gasteiger partial charge is 0.395 e. The number of aliphatic hydroxyl groups excluding tert-OH is 1. The van der Waals surface area contributed by atoms with Crippen LogP contribution < -0.4 is 5.73 Å². The fourth-order valence-corrected chi connectivity index (χ4v) is 1.89. The van der Waals surface area contributed by atoms with E-state index in [9.17, 15) is 0 Å². The summed E-state index contributed by atoms with van der Waals surface area (Å²) in [5.74, 6) is 0. The monoisotopic (exact) mass is 223 g/mol. The molecular weight excluding hydrogens is 202 g/mol. The van der Waals surface area contributed by atoms with Crippen LogP contribution in [0.25, 0.3) is 0 Å². The van der Waals surface area contributed by atoms with Gasteiger partial charge in [0.1, 0.15) is 0 Å². The molecule has 1 aromatic heterocycles. The standard InChI is InChI=1S/C12H21N3O/c1-10(2)15(7-8-16)12(9-13)11-5-3-4-6-14-11/h3-6,10,12,16H,7-9,13H2,1-2H3. The van der Waals surface area contributed by atoms with Crippen LogP contribution in [0.2, 0.25) is 0 Å². The van der Waals surface area contributed by atoms with Gasteiger partial charge in [-0.2, -0.15) is 0 Å². The second kappa shape index (κ2) is 6.58. The van der Waals surface area contributed by atoms with Crippen molar-refractivity contribution < 1.29 is 5.11 Å². The highest BCUT2D eigenvalue weighted by Crippen LogP contribution is 2.19. The van der Waals surface area contributed by atoms with E-state index in [1.807, 2.05) is 18.2 Å². The molecule has 0 spiro atoms. The van der Waals surface area contributed by atoms with Gasteiger partial charge in [-0.05, 0) is 26.0 Å². The van der Waals surface area contributed by atoms with Crippen LogP contribution in [-0.4, -0.2) is 40.7 Å². The van der Waals surface area contributed by atoms with Crippen molar-refractivity contribution in [2.24, 2.45) is 5.73 Å². The summed E-state index contributed by atoms with van der Waals surface area (Å²) in [6, 6.07) is 6.24. The van der Waals surface area contributed by atoms with E-state index in [2.05, 4.69) is 23.7 Å². The third-order valence-corrected chi connectivity index (χ3v) is 2.67. The SMILES string of the molecule is CC(C)N(CCO)C(CN)c1ccccn1. The van der Waals surface area contributed by atoms with Crippen molar-refractivity contribution in [3.05, 3.63) is 30.1 Å². The number of pyridine rings is 1. The predicted octanol–water partition coefficient (Wildman–Crippen LogP) is 0.784. The Morgan fingerprint density at radius 2 is 2.19 bits per heavy atom. The Bertz CT molecular complexity index is 290.